The van der Waals surface area contributed by atoms with Crippen LogP contribution in [0.25, 0.3) is 0 Å². The van der Waals surface area contributed by atoms with Crippen LogP contribution in [0.15, 0.2) is 24.3 Å². The highest BCUT2D eigenvalue weighted by Crippen LogP contribution is 2.39. The van der Waals surface area contributed by atoms with Crippen molar-refractivity contribution in [2.75, 3.05) is 11.1 Å². The maximum Gasteiger partial charge on any atom is 0.224 e. The average Bonchev–Trinajstić information content (AvgIpc) is 2.91. The molecule has 19 heavy (non-hydrogen) atoms. The molecule has 5 heteroatoms. The SMILES string of the molecule is O=C(CCCCC1CCSS1)Nc1ccc(O)cc1. The summed E-state index contributed by atoms with van der Waals surface area (Å²) < 4.78 is 0. The van der Waals surface area contributed by atoms with E-state index in [0.29, 0.717) is 6.42 Å². The standard InChI is InChI=1S/C14H19NO2S2/c16-12-7-5-11(6-8-12)15-14(17)4-2-1-3-13-9-10-18-19-13/h5-8,13,16H,1-4,9-10H2,(H,15,17). The average molecular weight is 297 g/mol. The van der Waals surface area contributed by atoms with E-state index in [1.807, 2.05) is 21.6 Å². The van der Waals surface area contributed by atoms with E-state index in [-0.39, 0.29) is 11.7 Å². The maximum absolute atomic E-state index is 11.7. The smallest absolute Gasteiger partial charge is 0.224 e. The van der Waals surface area contributed by atoms with Gasteiger partial charge in [0, 0.05) is 23.1 Å². The van der Waals surface area contributed by atoms with Crippen LogP contribution in [0.5, 0.6) is 5.75 Å². The monoisotopic (exact) mass is 297 g/mol. The van der Waals surface area contributed by atoms with Gasteiger partial charge in [0.2, 0.25) is 5.91 Å². The molecule has 104 valence electrons. The van der Waals surface area contributed by atoms with Crippen molar-refractivity contribution in [3.05, 3.63) is 24.3 Å². The topological polar surface area (TPSA) is 49.3 Å². The maximum atomic E-state index is 11.7. The van der Waals surface area contributed by atoms with Gasteiger partial charge in [0.05, 0.1) is 0 Å². The predicted octanol–water partition coefficient (Wildman–Crippen LogP) is 4.04. The number of carbonyl (C=O) groups excluding carboxylic acids is 1. The summed E-state index contributed by atoms with van der Waals surface area (Å²) >= 11 is 0. The van der Waals surface area contributed by atoms with Crippen LogP contribution in [-0.2, 0) is 4.79 Å². The Bertz CT molecular complexity index is 402. The van der Waals surface area contributed by atoms with E-state index in [4.69, 9.17) is 5.11 Å². The van der Waals surface area contributed by atoms with Crippen LogP contribution in [-0.4, -0.2) is 22.0 Å². The van der Waals surface area contributed by atoms with Gasteiger partial charge < -0.3 is 10.4 Å². The number of hydrogen-bond acceptors (Lipinski definition) is 4. The second-order valence-corrected chi connectivity index (χ2v) is 7.46. The number of anilines is 1. The Morgan fingerprint density at radius 1 is 1.32 bits per heavy atom. The summed E-state index contributed by atoms with van der Waals surface area (Å²) in [6.45, 7) is 0. The first-order valence-electron chi connectivity index (χ1n) is 6.61. The van der Waals surface area contributed by atoms with Gasteiger partial charge in [0.1, 0.15) is 5.75 Å². The van der Waals surface area contributed by atoms with Crippen LogP contribution in [0.3, 0.4) is 0 Å². The zero-order valence-corrected chi connectivity index (χ0v) is 12.4. The van der Waals surface area contributed by atoms with Crippen LogP contribution < -0.4 is 5.32 Å². The summed E-state index contributed by atoms with van der Waals surface area (Å²) in [6, 6.07) is 6.56. The molecule has 1 aliphatic rings. The van der Waals surface area contributed by atoms with Crippen molar-refractivity contribution in [2.45, 2.75) is 37.4 Å². The van der Waals surface area contributed by atoms with Gasteiger partial charge >= 0.3 is 0 Å². The van der Waals surface area contributed by atoms with E-state index in [0.717, 1.165) is 23.8 Å². The highest BCUT2D eigenvalue weighted by molar-refractivity contribution is 8.77. The van der Waals surface area contributed by atoms with Crippen LogP contribution >= 0.6 is 21.6 Å². The van der Waals surface area contributed by atoms with Crippen LogP contribution in [0.2, 0.25) is 0 Å². The lowest BCUT2D eigenvalue weighted by atomic mass is 10.1. The lowest BCUT2D eigenvalue weighted by molar-refractivity contribution is -0.116. The number of nitrogens with one attached hydrogen (secondary N) is 1. The Hall–Kier alpha value is -0.810. The minimum atomic E-state index is 0.0548. The van der Waals surface area contributed by atoms with Crippen molar-refractivity contribution < 1.29 is 9.90 Å². The van der Waals surface area contributed by atoms with Gasteiger partial charge in [-0.15, -0.1) is 0 Å². The van der Waals surface area contributed by atoms with Crippen LogP contribution in [0, 0.1) is 0 Å². The summed E-state index contributed by atoms with van der Waals surface area (Å²) in [5.41, 5.74) is 0.741. The van der Waals surface area contributed by atoms with E-state index in [1.165, 1.54) is 18.6 Å². The van der Waals surface area contributed by atoms with Crippen molar-refractivity contribution in [1.82, 2.24) is 0 Å². The molecular weight excluding hydrogens is 278 g/mol. The van der Waals surface area contributed by atoms with Crippen LogP contribution in [0.1, 0.15) is 32.1 Å². The summed E-state index contributed by atoms with van der Waals surface area (Å²) in [5.74, 6) is 1.54. The third-order valence-corrected chi connectivity index (χ3v) is 6.07. The number of aromatic hydroxyl groups is 1. The van der Waals surface area contributed by atoms with Gasteiger partial charge in [-0.1, -0.05) is 28.0 Å². The number of rotatable bonds is 6. The number of benzene rings is 1. The second-order valence-electron chi connectivity index (χ2n) is 4.67. The van der Waals surface area contributed by atoms with Crippen molar-refractivity contribution >= 4 is 33.2 Å². The van der Waals surface area contributed by atoms with E-state index in [1.54, 1.807) is 24.3 Å². The van der Waals surface area contributed by atoms with E-state index in [9.17, 15) is 4.79 Å². The molecule has 1 amide bonds. The normalized spacial score (nSPS) is 18.4. The molecule has 1 aromatic rings. The Kier molecular flexibility index (Phi) is 5.92. The molecule has 0 radical (unpaired) electrons. The largest absolute Gasteiger partial charge is 0.508 e. The van der Waals surface area contributed by atoms with Gasteiger partial charge in [0.15, 0.2) is 0 Å². The molecule has 2 rings (SSSR count). The summed E-state index contributed by atoms with van der Waals surface area (Å²) in [6.07, 6.45) is 5.19. The predicted molar refractivity (Wildman–Crippen MR) is 83.7 cm³/mol. The molecule has 1 heterocycles. The first-order valence-corrected chi connectivity index (χ1v) is 8.99. The van der Waals surface area contributed by atoms with Crippen molar-refractivity contribution in [3.8, 4) is 5.75 Å². The molecule has 0 bridgehead atoms. The first-order chi connectivity index (χ1) is 9.24. The molecule has 0 aromatic heterocycles. The fraction of sp³-hybridized carbons (Fsp3) is 0.500. The lowest BCUT2D eigenvalue weighted by Crippen LogP contribution is -2.11. The third-order valence-electron chi connectivity index (χ3n) is 3.06. The third kappa shape index (κ3) is 5.37. The van der Waals surface area contributed by atoms with Gasteiger partial charge in [0.25, 0.3) is 0 Å². The van der Waals surface area contributed by atoms with E-state index in [2.05, 4.69) is 5.32 Å². The first kappa shape index (κ1) is 14.6. The molecule has 1 unspecified atom stereocenters. The number of unbranched alkanes of at least 4 members (excludes halogenated alkanes) is 1. The zero-order valence-electron chi connectivity index (χ0n) is 10.8. The summed E-state index contributed by atoms with van der Waals surface area (Å²) in [7, 11) is 3.96. The van der Waals surface area contributed by atoms with Crippen molar-refractivity contribution in [1.29, 1.82) is 0 Å². The molecule has 3 nitrogen and oxygen atoms in total. The molecule has 1 atom stereocenters. The molecule has 2 N–H and O–H groups in total. The molecule has 1 fully saturated rings. The number of amides is 1. The second kappa shape index (κ2) is 7.70. The van der Waals surface area contributed by atoms with E-state index < -0.39 is 0 Å². The highest BCUT2D eigenvalue weighted by atomic mass is 33.1. The Labute approximate surface area is 121 Å². The highest BCUT2D eigenvalue weighted by Gasteiger charge is 2.15. The summed E-state index contributed by atoms with van der Waals surface area (Å²) in [5, 5.41) is 12.8. The molecule has 0 saturated carbocycles. The number of hydrogen-bond donors (Lipinski definition) is 2. The fourth-order valence-corrected chi connectivity index (χ4v) is 5.02. The van der Waals surface area contributed by atoms with Crippen molar-refractivity contribution in [3.63, 3.8) is 0 Å². The Balaban J connectivity index is 1.60. The molecule has 1 aromatic carbocycles. The molecule has 0 aliphatic carbocycles. The Morgan fingerprint density at radius 2 is 2.11 bits per heavy atom. The van der Waals surface area contributed by atoms with Crippen LogP contribution in [0.4, 0.5) is 5.69 Å². The molecular formula is C14H19NO2S2. The van der Waals surface area contributed by atoms with Gasteiger partial charge in [-0.05, 0) is 43.5 Å². The van der Waals surface area contributed by atoms with Crippen molar-refractivity contribution in [2.24, 2.45) is 0 Å². The lowest BCUT2D eigenvalue weighted by Gasteiger charge is -2.07. The molecule has 0 spiro atoms. The van der Waals surface area contributed by atoms with Gasteiger partial charge in [-0.25, -0.2) is 0 Å². The van der Waals surface area contributed by atoms with Gasteiger partial charge in [-0.2, -0.15) is 0 Å². The van der Waals surface area contributed by atoms with Gasteiger partial charge in [-0.3, -0.25) is 4.79 Å². The minimum absolute atomic E-state index is 0.0548. The number of phenols is 1. The number of phenolic OH excluding ortho intramolecular Hbond substituents is 1. The molecule has 1 saturated heterocycles. The number of carbonyl (C=O) groups is 1. The Morgan fingerprint density at radius 3 is 2.79 bits per heavy atom. The fourth-order valence-electron chi connectivity index (χ4n) is 1.99. The zero-order chi connectivity index (χ0) is 13.5. The quantitative estimate of drug-likeness (QED) is 0.472. The summed E-state index contributed by atoms with van der Waals surface area (Å²) in [4.78, 5) is 11.7. The van der Waals surface area contributed by atoms with E-state index >= 15 is 0 Å². The minimum Gasteiger partial charge on any atom is -0.508 e. The molecule has 1 aliphatic heterocycles.